The molecule has 5 nitrogen and oxygen atoms in total. The van der Waals surface area contributed by atoms with Crippen LogP contribution in [0.25, 0.3) is 0 Å². The Bertz CT molecular complexity index is 920. The Hall–Kier alpha value is -2.01. The second-order valence-electron chi connectivity index (χ2n) is 8.90. The molecule has 2 aromatic rings. The maximum atomic E-state index is 13.1. The highest BCUT2D eigenvalue weighted by atomic mass is 35.5. The molecular weight excluding hydrogens is 374 g/mol. The second kappa shape index (κ2) is 6.80. The number of benzene rings is 1. The van der Waals surface area contributed by atoms with Gasteiger partial charge in [0.05, 0.1) is 24.5 Å². The summed E-state index contributed by atoms with van der Waals surface area (Å²) in [4.78, 5) is 13.1. The number of ether oxygens (including phenoxy) is 1. The largest absolute Gasteiger partial charge is 0.496 e. The number of para-hydroxylation sites is 1. The Kier molecular flexibility index (Phi) is 4.38. The zero-order chi connectivity index (χ0) is 19.3. The number of hydrogen-bond donors (Lipinski definition) is 1. The van der Waals surface area contributed by atoms with Gasteiger partial charge in [-0.1, -0.05) is 29.8 Å². The molecule has 4 aliphatic rings. The van der Waals surface area contributed by atoms with Crippen LogP contribution in [0.1, 0.15) is 44.1 Å². The molecule has 0 amide bonds. The molecule has 0 aliphatic heterocycles. The zero-order valence-electron chi connectivity index (χ0n) is 16.2. The fourth-order valence-electron chi connectivity index (χ4n) is 6.26. The van der Waals surface area contributed by atoms with Crippen LogP contribution in [-0.4, -0.2) is 16.9 Å². The van der Waals surface area contributed by atoms with Gasteiger partial charge in [0.15, 0.2) is 0 Å². The predicted molar refractivity (Wildman–Crippen MR) is 110 cm³/mol. The molecule has 28 heavy (non-hydrogen) atoms. The normalized spacial score (nSPS) is 30.4. The molecule has 1 aromatic carbocycles. The molecule has 1 aromatic heterocycles. The summed E-state index contributed by atoms with van der Waals surface area (Å²) in [7, 11) is 1.65. The van der Waals surface area contributed by atoms with E-state index < -0.39 is 0 Å². The van der Waals surface area contributed by atoms with E-state index >= 15 is 0 Å². The fourth-order valence-corrected chi connectivity index (χ4v) is 6.45. The topological polar surface area (TPSA) is 56.1 Å². The molecule has 1 N–H and O–H groups in total. The van der Waals surface area contributed by atoms with Crippen LogP contribution >= 0.6 is 11.6 Å². The average Bonchev–Trinajstić information content (AvgIpc) is 2.68. The number of anilines is 1. The minimum absolute atomic E-state index is 0.114. The molecule has 1 heterocycles. The lowest BCUT2D eigenvalue weighted by Crippen LogP contribution is -2.55. The summed E-state index contributed by atoms with van der Waals surface area (Å²) in [6.45, 7) is 0.520. The van der Waals surface area contributed by atoms with E-state index in [1.807, 2.05) is 24.3 Å². The lowest BCUT2D eigenvalue weighted by Gasteiger charge is -2.56. The summed E-state index contributed by atoms with van der Waals surface area (Å²) in [5, 5.41) is 8.10. The van der Waals surface area contributed by atoms with Crippen molar-refractivity contribution in [3.8, 4) is 5.75 Å². The first-order valence-electron chi connectivity index (χ1n) is 10.2. The van der Waals surface area contributed by atoms with Crippen molar-refractivity contribution in [3.05, 3.63) is 51.4 Å². The van der Waals surface area contributed by atoms with Gasteiger partial charge in [-0.05, 0) is 62.3 Å². The Balaban J connectivity index is 1.41. The van der Waals surface area contributed by atoms with Gasteiger partial charge in [-0.3, -0.25) is 4.79 Å². The minimum atomic E-state index is -0.159. The first-order valence-corrected chi connectivity index (χ1v) is 10.6. The highest BCUT2D eigenvalue weighted by Gasteiger charge is 2.53. The van der Waals surface area contributed by atoms with Crippen molar-refractivity contribution in [1.82, 2.24) is 9.78 Å². The van der Waals surface area contributed by atoms with E-state index in [2.05, 4.69) is 10.4 Å². The molecule has 0 radical (unpaired) electrons. The van der Waals surface area contributed by atoms with Crippen molar-refractivity contribution in [2.75, 3.05) is 12.4 Å². The third-order valence-corrected chi connectivity index (χ3v) is 7.40. The van der Waals surface area contributed by atoms with E-state index in [4.69, 9.17) is 16.3 Å². The van der Waals surface area contributed by atoms with E-state index in [1.165, 1.54) is 19.3 Å². The minimum Gasteiger partial charge on any atom is -0.496 e. The lowest BCUT2D eigenvalue weighted by atomic mass is 9.53. The van der Waals surface area contributed by atoms with Crippen LogP contribution in [0, 0.1) is 17.8 Å². The molecule has 4 fully saturated rings. The average molecular weight is 400 g/mol. The van der Waals surface area contributed by atoms with Crippen molar-refractivity contribution in [1.29, 1.82) is 0 Å². The third kappa shape index (κ3) is 2.91. The van der Waals surface area contributed by atoms with Crippen molar-refractivity contribution in [3.63, 3.8) is 0 Å². The number of methoxy groups -OCH3 is 1. The van der Waals surface area contributed by atoms with Gasteiger partial charge in [-0.15, -0.1) is 0 Å². The second-order valence-corrected chi connectivity index (χ2v) is 9.27. The zero-order valence-corrected chi connectivity index (χ0v) is 16.9. The molecule has 4 aliphatic carbocycles. The van der Waals surface area contributed by atoms with Gasteiger partial charge in [0.25, 0.3) is 5.56 Å². The Labute approximate surface area is 170 Å². The molecule has 6 rings (SSSR count). The maximum absolute atomic E-state index is 13.1. The third-order valence-electron chi connectivity index (χ3n) is 7.04. The molecular formula is C22H26ClN3O2. The number of rotatable bonds is 5. The van der Waals surface area contributed by atoms with Crippen LogP contribution in [0.15, 0.2) is 35.3 Å². The first kappa shape index (κ1) is 18.0. The van der Waals surface area contributed by atoms with Crippen LogP contribution in [-0.2, 0) is 12.1 Å². The molecule has 0 unspecified atom stereocenters. The Morgan fingerprint density at radius 3 is 2.46 bits per heavy atom. The van der Waals surface area contributed by atoms with Crippen molar-refractivity contribution in [2.24, 2.45) is 17.8 Å². The van der Waals surface area contributed by atoms with Crippen LogP contribution in [0.5, 0.6) is 5.75 Å². The molecule has 6 heteroatoms. The van der Waals surface area contributed by atoms with Gasteiger partial charge >= 0.3 is 0 Å². The van der Waals surface area contributed by atoms with Gasteiger partial charge in [0.2, 0.25) is 0 Å². The van der Waals surface area contributed by atoms with Gasteiger partial charge < -0.3 is 10.1 Å². The molecule has 0 saturated heterocycles. The number of aromatic nitrogens is 2. The first-order chi connectivity index (χ1) is 13.6. The fraction of sp³-hybridized carbons (Fsp3) is 0.545. The van der Waals surface area contributed by atoms with Gasteiger partial charge in [0, 0.05) is 12.1 Å². The standard InChI is InChI=1S/C22H26ClN3O2/c1-28-19-5-3-2-4-17(19)12-24-18-13-25-26(21(27)20(18)23)22-9-14-6-15(10-22)8-16(7-14)11-22/h2-5,13-16,24H,6-12H2,1H3. The molecule has 0 spiro atoms. The summed E-state index contributed by atoms with van der Waals surface area (Å²) in [6.07, 6.45) is 8.96. The van der Waals surface area contributed by atoms with E-state index in [9.17, 15) is 4.79 Å². The summed E-state index contributed by atoms with van der Waals surface area (Å²) in [5.74, 6) is 3.06. The van der Waals surface area contributed by atoms with Crippen LogP contribution in [0.3, 0.4) is 0 Å². The van der Waals surface area contributed by atoms with E-state index in [1.54, 1.807) is 18.0 Å². The molecule has 4 bridgehead atoms. The van der Waals surface area contributed by atoms with Crippen molar-refractivity contribution < 1.29 is 4.74 Å². The summed E-state index contributed by atoms with van der Waals surface area (Å²) in [5.41, 5.74) is 1.31. The SMILES string of the molecule is COc1ccccc1CNc1cnn(C23CC4CC(CC(C4)C2)C3)c(=O)c1Cl. The smallest absolute Gasteiger partial charge is 0.288 e. The van der Waals surface area contributed by atoms with Crippen molar-refractivity contribution in [2.45, 2.75) is 50.6 Å². The highest BCUT2D eigenvalue weighted by Crippen LogP contribution is 2.58. The summed E-state index contributed by atoms with van der Waals surface area (Å²) < 4.78 is 7.12. The molecule has 4 saturated carbocycles. The van der Waals surface area contributed by atoms with E-state index in [0.717, 1.165) is 48.3 Å². The predicted octanol–water partition coefficient (Wildman–Crippen LogP) is 4.44. The van der Waals surface area contributed by atoms with Crippen molar-refractivity contribution >= 4 is 17.3 Å². The Morgan fingerprint density at radius 2 is 1.82 bits per heavy atom. The lowest BCUT2D eigenvalue weighted by molar-refractivity contribution is -0.0518. The van der Waals surface area contributed by atoms with Crippen LogP contribution < -0.4 is 15.6 Å². The van der Waals surface area contributed by atoms with Crippen LogP contribution in [0.2, 0.25) is 5.02 Å². The Morgan fingerprint density at radius 1 is 1.18 bits per heavy atom. The highest BCUT2D eigenvalue weighted by molar-refractivity contribution is 6.32. The van der Waals surface area contributed by atoms with Gasteiger partial charge in [-0.25, -0.2) is 4.68 Å². The van der Waals surface area contributed by atoms with Gasteiger partial charge in [-0.2, -0.15) is 5.10 Å². The molecule has 148 valence electrons. The molecule has 0 atom stereocenters. The number of halogens is 1. The maximum Gasteiger partial charge on any atom is 0.288 e. The summed E-state index contributed by atoms with van der Waals surface area (Å²) >= 11 is 6.51. The quantitative estimate of drug-likeness (QED) is 0.807. The van der Waals surface area contributed by atoms with Crippen LogP contribution in [0.4, 0.5) is 5.69 Å². The van der Waals surface area contributed by atoms with E-state index in [0.29, 0.717) is 12.2 Å². The number of nitrogens with one attached hydrogen (secondary N) is 1. The summed E-state index contributed by atoms with van der Waals surface area (Å²) in [6, 6.07) is 7.81. The van der Waals surface area contributed by atoms with E-state index in [-0.39, 0.29) is 16.1 Å². The number of nitrogens with zero attached hydrogens (tertiary/aromatic N) is 2. The number of hydrogen-bond acceptors (Lipinski definition) is 4. The van der Waals surface area contributed by atoms with Gasteiger partial charge in [0.1, 0.15) is 10.8 Å². The monoisotopic (exact) mass is 399 g/mol.